The Labute approximate surface area is 98.1 Å². The standard InChI is InChI=1S/C10H12ClNO4/c1-15-8-3-4-9(12(13)14)10(7-8)16-6-2-5-11/h3-4,7H,2,5-6H2,1H3. The number of alkyl halides is 1. The second-order valence-corrected chi connectivity index (χ2v) is 3.36. The van der Waals surface area contributed by atoms with Crippen LogP contribution < -0.4 is 9.47 Å². The van der Waals surface area contributed by atoms with E-state index in [-0.39, 0.29) is 11.4 Å². The van der Waals surface area contributed by atoms with Crippen molar-refractivity contribution in [1.82, 2.24) is 0 Å². The number of nitrogens with zero attached hydrogens (tertiary/aromatic N) is 1. The molecule has 88 valence electrons. The van der Waals surface area contributed by atoms with Crippen LogP contribution in [0.2, 0.25) is 0 Å². The third-order valence-corrected chi connectivity index (χ3v) is 2.17. The molecule has 1 aromatic rings. The average Bonchev–Trinajstić information content (AvgIpc) is 2.29. The van der Waals surface area contributed by atoms with Crippen LogP contribution >= 0.6 is 11.6 Å². The molecule has 0 N–H and O–H groups in total. The maximum atomic E-state index is 10.7. The lowest BCUT2D eigenvalue weighted by molar-refractivity contribution is -0.385. The first-order valence-corrected chi connectivity index (χ1v) is 5.23. The topological polar surface area (TPSA) is 61.6 Å². The summed E-state index contributed by atoms with van der Waals surface area (Å²) in [5.41, 5.74) is -0.0737. The van der Waals surface area contributed by atoms with Crippen molar-refractivity contribution in [2.45, 2.75) is 6.42 Å². The molecule has 0 heterocycles. The van der Waals surface area contributed by atoms with Gasteiger partial charge in [0.05, 0.1) is 18.6 Å². The Morgan fingerprint density at radius 3 is 2.81 bits per heavy atom. The van der Waals surface area contributed by atoms with Crippen LogP contribution in [-0.4, -0.2) is 24.5 Å². The molecule has 1 aromatic carbocycles. The Morgan fingerprint density at radius 1 is 1.50 bits per heavy atom. The fourth-order valence-electron chi connectivity index (χ4n) is 1.12. The van der Waals surface area contributed by atoms with Crippen molar-refractivity contribution < 1.29 is 14.4 Å². The smallest absolute Gasteiger partial charge is 0.311 e. The second-order valence-electron chi connectivity index (χ2n) is 2.98. The van der Waals surface area contributed by atoms with E-state index in [4.69, 9.17) is 21.1 Å². The summed E-state index contributed by atoms with van der Waals surface area (Å²) in [5, 5.41) is 10.7. The summed E-state index contributed by atoms with van der Waals surface area (Å²) in [5.74, 6) is 1.18. The molecule has 0 aliphatic carbocycles. The van der Waals surface area contributed by atoms with Gasteiger partial charge in [-0.1, -0.05) is 0 Å². The van der Waals surface area contributed by atoms with E-state index in [0.717, 1.165) is 0 Å². The Bertz CT molecular complexity index is 370. The van der Waals surface area contributed by atoms with Crippen LogP contribution in [0.4, 0.5) is 5.69 Å². The number of hydrogen-bond donors (Lipinski definition) is 0. The molecule has 0 atom stereocenters. The molecule has 0 saturated heterocycles. The zero-order valence-corrected chi connectivity index (χ0v) is 9.57. The van der Waals surface area contributed by atoms with E-state index >= 15 is 0 Å². The van der Waals surface area contributed by atoms with Crippen LogP contribution in [0.3, 0.4) is 0 Å². The molecule has 0 aliphatic heterocycles. The van der Waals surface area contributed by atoms with E-state index in [1.807, 2.05) is 0 Å². The first kappa shape index (κ1) is 12.6. The van der Waals surface area contributed by atoms with Gasteiger partial charge in [0, 0.05) is 18.0 Å². The molecule has 16 heavy (non-hydrogen) atoms. The molecule has 0 radical (unpaired) electrons. The molecule has 1 rings (SSSR count). The van der Waals surface area contributed by atoms with Gasteiger partial charge in [0.15, 0.2) is 0 Å². The van der Waals surface area contributed by atoms with Gasteiger partial charge in [-0.2, -0.15) is 0 Å². The van der Waals surface area contributed by atoms with Crippen molar-refractivity contribution in [2.24, 2.45) is 0 Å². The lowest BCUT2D eigenvalue weighted by Gasteiger charge is -2.07. The van der Waals surface area contributed by atoms with E-state index in [9.17, 15) is 10.1 Å². The Morgan fingerprint density at radius 2 is 2.25 bits per heavy atom. The van der Waals surface area contributed by atoms with Crippen LogP contribution in [0.5, 0.6) is 11.5 Å². The third kappa shape index (κ3) is 3.27. The minimum Gasteiger partial charge on any atom is -0.497 e. The number of rotatable bonds is 6. The zero-order chi connectivity index (χ0) is 12.0. The number of nitro groups is 1. The van der Waals surface area contributed by atoms with Gasteiger partial charge in [-0.25, -0.2) is 0 Å². The van der Waals surface area contributed by atoms with Gasteiger partial charge in [-0.3, -0.25) is 10.1 Å². The van der Waals surface area contributed by atoms with Gasteiger partial charge >= 0.3 is 5.69 Å². The van der Waals surface area contributed by atoms with Gasteiger partial charge in [0.1, 0.15) is 5.75 Å². The van der Waals surface area contributed by atoms with Crippen molar-refractivity contribution in [1.29, 1.82) is 0 Å². The van der Waals surface area contributed by atoms with E-state index in [2.05, 4.69) is 0 Å². The van der Waals surface area contributed by atoms with Gasteiger partial charge < -0.3 is 9.47 Å². The van der Waals surface area contributed by atoms with E-state index in [1.54, 1.807) is 0 Å². The van der Waals surface area contributed by atoms with E-state index in [1.165, 1.54) is 25.3 Å². The highest BCUT2D eigenvalue weighted by atomic mass is 35.5. The molecular formula is C10H12ClNO4. The summed E-state index contributed by atoms with van der Waals surface area (Å²) < 4.78 is 10.2. The fraction of sp³-hybridized carbons (Fsp3) is 0.400. The van der Waals surface area contributed by atoms with Crippen LogP contribution in [0.15, 0.2) is 18.2 Å². The minimum absolute atomic E-state index is 0.0737. The molecule has 0 unspecified atom stereocenters. The fourth-order valence-corrected chi connectivity index (χ4v) is 1.23. The van der Waals surface area contributed by atoms with E-state index in [0.29, 0.717) is 24.7 Å². The van der Waals surface area contributed by atoms with Crippen molar-refractivity contribution in [3.8, 4) is 11.5 Å². The normalized spacial score (nSPS) is 9.88. The average molecular weight is 246 g/mol. The Balaban J connectivity index is 2.87. The third-order valence-electron chi connectivity index (χ3n) is 1.90. The number of ether oxygens (including phenoxy) is 2. The molecule has 0 bridgehead atoms. The molecule has 0 amide bonds. The first-order valence-electron chi connectivity index (χ1n) is 4.70. The SMILES string of the molecule is COc1ccc([N+](=O)[O-])c(OCCCCl)c1. The number of benzene rings is 1. The molecular weight excluding hydrogens is 234 g/mol. The molecule has 0 saturated carbocycles. The summed E-state index contributed by atoms with van der Waals surface area (Å²) in [6.45, 7) is 0.345. The van der Waals surface area contributed by atoms with E-state index < -0.39 is 4.92 Å². The van der Waals surface area contributed by atoms with Crippen molar-refractivity contribution in [3.05, 3.63) is 28.3 Å². The summed E-state index contributed by atoms with van der Waals surface area (Å²) in [6.07, 6.45) is 0.635. The monoisotopic (exact) mass is 245 g/mol. The number of halogens is 1. The van der Waals surface area contributed by atoms with Gasteiger partial charge in [0.2, 0.25) is 5.75 Å². The summed E-state index contributed by atoms with van der Waals surface area (Å²) >= 11 is 5.49. The molecule has 0 aliphatic rings. The largest absolute Gasteiger partial charge is 0.497 e. The van der Waals surface area contributed by atoms with Gasteiger partial charge in [-0.15, -0.1) is 11.6 Å². The molecule has 5 nitrogen and oxygen atoms in total. The van der Waals surface area contributed by atoms with Gasteiger partial charge in [0.25, 0.3) is 0 Å². The van der Waals surface area contributed by atoms with Crippen molar-refractivity contribution >= 4 is 17.3 Å². The van der Waals surface area contributed by atoms with Crippen LogP contribution in [0.1, 0.15) is 6.42 Å². The van der Waals surface area contributed by atoms with Gasteiger partial charge in [-0.05, 0) is 12.5 Å². The highest BCUT2D eigenvalue weighted by Gasteiger charge is 2.15. The summed E-state index contributed by atoms with van der Waals surface area (Å²) in [7, 11) is 1.49. The lowest BCUT2D eigenvalue weighted by atomic mass is 10.3. The Kier molecular flexibility index (Phi) is 4.85. The maximum Gasteiger partial charge on any atom is 0.311 e. The number of nitro benzene ring substituents is 1. The first-order chi connectivity index (χ1) is 7.69. The molecule has 6 heteroatoms. The molecule has 0 spiro atoms. The van der Waals surface area contributed by atoms with Crippen molar-refractivity contribution in [2.75, 3.05) is 19.6 Å². The predicted octanol–water partition coefficient (Wildman–Crippen LogP) is 2.61. The van der Waals surface area contributed by atoms with Crippen LogP contribution in [0.25, 0.3) is 0 Å². The quantitative estimate of drug-likeness (QED) is 0.335. The highest BCUT2D eigenvalue weighted by molar-refractivity contribution is 6.17. The zero-order valence-electron chi connectivity index (χ0n) is 8.81. The summed E-state index contributed by atoms with van der Waals surface area (Å²) in [4.78, 5) is 10.2. The van der Waals surface area contributed by atoms with Crippen LogP contribution in [0, 0.1) is 10.1 Å². The van der Waals surface area contributed by atoms with Crippen LogP contribution in [-0.2, 0) is 0 Å². The lowest BCUT2D eigenvalue weighted by Crippen LogP contribution is -2.01. The summed E-state index contributed by atoms with van der Waals surface area (Å²) in [6, 6.07) is 4.37. The highest BCUT2D eigenvalue weighted by Crippen LogP contribution is 2.31. The number of methoxy groups -OCH3 is 1. The maximum absolute atomic E-state index is 10.7. The number of hydrogen-bond acceptors (Lipinski definition) is 4. The minimum atomic E-state index is -0.491. The second kappa shape index (κ2) is 6.17. The van der Waals surface area contributed by atoms with Crippen molar-refractivity contribution in [3.63, 3.8) is 0 Å². The predicted molar refractivity (Wildman–Crippen MR) is 60.5 cm³/mol. The molecule has 0 aromatic heterocycles. The molecule has 0 fully saturated rings. The Hall–Kier alpha value is -1.49.